The van der Waals surface area contributed by atoms with E-state index in [1.165, 1.54) is 22.7 Å². The molecule has 2 aromatic carbocycles. The molecule has 0 radical (unpaired) electrons. The first-order valence-corrected chi connectivity index (χ1v) is 7.72. The molecule has 6 heteroatoms. The maximum Gasteiger partial charge on any atom is 0.168 e. The monoisotopic (exact) mass is 307 g/mol. The lowest BCUT2D eigenvalue weighted by atomic mass is 10.0. The van der Waals surface area contributed by atoms with Gasteiger partial charge in [0.2, 0.25) is 0 Å². The molecule has 4 rings (SSSR count). The van der Waals surface area contributed by atoms with Gasteiger partial charge in [0.1, 0.15) is 11.2 Å². The number of nitrogens with zero attached hydrogens (tertiary/aromatic N) is 5. The lowest BCUT2D eigenvalue weighted by Crippen LogP contribution is -1.97. The van der Waals surface area contributed by atoms with Crippen molar-refractivity contribution in [3.63, 3.8) is 0 Å². The SMILES string of the molecule is Cc1ccc(-c2nnsc2-n2nnc3ccccc32)c(C)c1. The molecule has 0 atom stereocenters. The molecule has 0 fully saturated rings. The Hall–Kier alpha value is -2.60. The number of aromatic nitrogens is 5. The van der Waals surface area contributed by atoms with Crippen LogP contribution in [0.25, 0.3) is 27.3 Å². The summed E-state index contributed by atoms with van der Waals surface area (Å²) in [6.07, 6.45) is 0. The molecule has 0 aliphatic heterocycles. The Morgan fingerprint density at radius 2 is 1.86 bits per heavy atom. The molecule has 5 nitrogen and oxygen atoms in total. The Kier molecular flexibility index (Phi) is 2.97. The molecule has 0 saturated carbocycles. The maximum absolute atomic E-state index is 4.32. The van der Waals surface area contributed by atoms with Crippen molar-refractivity contribution in [2.24, 2.45) is 0 Å². The fraction of sp³-hybridized carbons (Fsp3) is 0.125. The Balaban J connectivity index is 1.93. The summed E-state index contributed by atoms with van der Waals surface area (Å²) in [6, 6.07) is 14.2. The molecule has 0 aliphatic carbocycles. The van der Waals surface area contributed by atoms with Crippen LogP contribution < -0.4 is 0 Å². The van der Waals surface area contributed by atoms with Crippen molar-refractivity contribution in [2.45, 2.75) is 13.8 Å². The third-order valence-corrected chi connectivity index (χ3v) is 4.35. The molecule has 0 unspecified atom stereocenters. The summed E-state index contributed by atoms with van der Waals surface area (Å²) in [5.41, 5.74) is 6.16. The van der Waals surface area contributed by atoms with Crippen LogP contribution in [0.4, 0.5) is 0 Å². The van der Waals surface area contributed by atoms with Gasteiger partial charge in [-0.05, 0) is 31.5 Å². The molecule has 0 N–H and O–H groups in total. The van der Waals surface area contributed by atoms with E-state index in [0.717, 1.165) is 27.3 Å². The van der Waals surface area contributed by atoms with Crippen molar-refractivity contribution in [2.75, 3.05) is 0 Å². The van der Waals surface area contributed by atoms with Crippen LogP contribution in [0.3, 0.4) is 0 Å². The van der Waals surface area contributed by atoms with Gasteiger partial charge in [-0.3, -0.25) is 0 Å². The first-order chi connectivity index (χ1) is 10.7. The highest BCUT2D eigenvalue weighted by atomic mass is 32.1. The minimum atomic E-state index is 0.846. The molecule has 4 aromatic rings. The zero-order chi connectivity index (χ0) is 15.1. The molecule has 2 aromatic heterocycles. The molecule has 2 heterocycles. The van der Waals surface area contributed by atoms with Crippen molar-refractivity contribution in [1.82, 2.24) is 24.6 Å². The molecule has 0 bridgehead atoms. The van der Waals surface area contributed by atoms with Crippen LogP contribution in [0, 0.1) is 13.8 Å². The lowest BCUT2D eigenvalue weighted by Gasteiger charge is -2.06. The molecule has 0 aliphatic rings. The number of benzene rings is 2. The van der Waals surface area contributed by atoms with Gasteiger partial charge in [-0.15, -0.1) is 10.2 Å². The third kappa shape index (κ3) is 2.00. The van der Waals surface area contributed by atoms with Gasteiger partial charge < -0.3 is 0 Å². The van der Waals surface area contributed by atoms with Crippen molar-refractivity contribution in [3.8, 4) is 16.3 Å². The van der Waals surface area contributed by atoms with E-state index in [1.54, 1.807) is 0 Å². The average Bonchev–Trinajstić information content (AvgIpc) is 3.13. The van der Waals surface area contributed by atoms with E-state index in [1.807, 2.05) is 28.9 Å². The summed E-state index contributed by atoms with van der Waals surface area (Å²) >= 11 is 1.33. The fourth-order valence-corrected chi connectivity index (χ4v) is 3.24. The zero-order valence-electron chi connectivity index (χ0n) is 12.2. The first-order valence-electron chi connectivity index (χ1n) is 6.95. The van der Waals surface area contributed by atoms with Gasteiger partial charge in [0.05, 0.1) is 5.52 Å². The zero-order valence-corrected chi connectivity index (χ0v) is 13.0. The van der Waals surface area contributed by atoms with Gasteiger partial charge in [-0.1, -0.05) is 45.6 Å². The number of rotatable bonds is 2. The van der Waals surface area contributed by atoms with Crippen molar-refractivity contribution in [1.29, 1.82) is 0 Å². The van der Waals surface area contributed by atoms with Crippen molar-refractivity contribution in [3.05, 3.63) is 53.6 Å². The highest BCUT2D eigenvalue weighted by Crippen LogP contribution is 2.31. The molecular weight excluding hydrogens is 294 g/mol. The lowest BCUT2D eigenvalue weighted by molar-refractivity contribution is 0.834. The van der Waals surface area contributed by atoms with E-state index in [-0.39, 0.29) is 0 Å². The number of hydrogen-bond donors (Lipinski definition) is 0. The van der Waals surface area contributed by atoms with E-state index >= 15 is 0 Å². The Bertz CT molecular complexity index is 970. The van der Waals surface area contributed by atoms with Crippen molar-refractivity contribution >= 4 is 22.6 Å². The summed E-state index contributed by atoms with van der Waals surface area (Å²) in [5, 5.41) is 13.7. The van der Waals surface area contributed by atoms with E-state index in [0.29, 0.717) is 0 Å². The van der Waals surface area contributed by atoms with Gasteiger partial charge in [-0.25, -0.2) is 0 Å². The summed E-state index contributed by atoms with van der Waals surface area (Å²) in [7, 11) is 0. The Morgan fingerprint density at radius 1 is 1.00 bits per heavy atom. The molecule has 0 amide bonds. The van der Waals surface area contributed by atoms with Crippen LogP contribution >= 0.6 is 11.5 Å². The van der Waals surface area contributed by atoms with E-state index in [9.17, 15) is 0 Å². The summed E-state index contributed by atoms with van der Waals surface area (Å²) in [5.74, 6) is 0. The predicted molar refractivity (Wildman–Crippen MR) is 87.2 cm³/mol. The number of aryl methyl sites for hydroxylation is 2. The highest BCUT2D eigenvalue weighted by Gasteiger charge is 2.17. The molecular formula is C16H13N5S. The molecule has 0 saturated heterocycles. The summed E-state index contributed by atoms with van der Waals surface area (Å²) < 4.78 is 5.94. The van der Waals surface area contributed by atoms with Crippen LogP contribution in [0.5, 0.6) is 0 Å². The standard InChI is InChI=1S/C16H13N5S/c1-10-7-8-12(11(2)9-10)15-16(22-20-18-15)21-14-6-4-3-5-13(14)17-19-21/h3-9H,1-2H3. The number of hydrogen-bond acceptors (Lipinski definition) is 5. The normalized spacial score (nSPS) is 11.2. The molecule has 0 spiro atoms. The van der Waals surface area contributed by atoms with E-state index in [2.05, 4.69) is 51.9 Å². The highest BCUT2D eigenvalue weighted by molar-refractivity contribution is 7.08. The van der Waals surface area contributed by atoms with Crippen LogP contribution in [-0.2, 0) is 0 Å². The van der Waals surface area contributed by atoms with Gasteiger partial charge >= 0.3 is 0 Å². The van der Waals surface area contributed by atoms with Gasteiger partial charge in [0.25, 0.3) is 0 Å². The fourth-order valence-electron chi connectivity index (χ4n) is 2.59. The second-order valence-electron chi connectivity index (χ2n) is 5.24. The minimum absolute atomic E-state index is 0.846. The minimum Gasteiger partial charge on any atom is -0.199 e. The van der Waals surface area contributed by atoms with Crippen LogP contribution in [-0.4, -0.2) is 24.6 Å². The van der Waals surface area contributed by atoms with Gasteiger partial charge in [0.15, 0.2) is 5.00 Å². The molecule has 22 heavy (non-hydrogen) atoms. The maximum atomic E-state index is 4.32. The third-order valence-electron chi connectivity index (χ3n) is 3.65. The number of fused-ring (bicyclic) bond motifs is 1. The average molecular weight is 307 g/mol. The Morgan fingerprint density at radius 3 is 2.73 bits per heavy atom. The van der Waals surface area contributed by atoms with Gasteiger partial charge in [-0.2, -0.15) is 4.68 Å². The molecule has 108 valence electrons. The first kappa shape index (κ1) is 13.1. The van der Waals surface area contributed by atoms with E-state index < -0.39 is 0 Å². The quantitative estimate of drug-likeness (QED) is 0.568. The second-order valence-corrected chi connectivity index (χ2v) is 5.97. The van der Waals surface area contributed by atoms with Crippen LogP contribution in [0.1, 0.15) is 11.1 Å². The number of para-hydroxylation sites is 1. The smallest absolute Gasteiger partial charge is 0.168 e. The van der Waals surface area contributed by atoms with Crippen LogP contribution in [0.15, 0.2) is 42.5 Å². The van der Waals surface area contributed by atoms with Gasteiger partial charge in [0, 0.05) is 17.1 Å². The summed E-state index contributed by atoms with van der Waals surface area (Å²) in [6.45, 7) is 4.17. The second kappa shape index (κ2) is 4.99. The van der Waals surface area contributed by atoms with Crippen LogP contribution in [0.2, 0.25) is 0 Å². The Labute approximate surface area is 131 Å². The largest absolute Gasteiger partial charge is 0.199 e. The van der Waals surface area contributed by atoms with Crippen molar-refractivity contribution < 1.29 is 0 Å². The van der Waals surface area contributed by atoms with E-state index in [4.69, 9.17) is 0 Å². The topological polar surface area (TPSA) is 56.5 Å². The summed E-state index contributed by atoms with van der Waals surface area (Å²) in [4.78, 5) is 0. The predicted octanol–water partition coefficient (Wildman–Crippen LogP) is 3.56.